The van der Waals surface area contributed by atoms with Crippen LogP contribution in [-0.4, -0.2) is 78.6 Å². The summed E-state index contributed by atoms with van der Waals surface area (Å²) in [7, 11) is 5.95. The highest BCUT2D eigenvalue weighted by molar-refractivity contribution is 5.52. The number of quaternary nitrogens is 1. The Morgan fingerprint density at radius 3 is 2.39 bits per heavy atom. The van der Waals surface area contributed by atoms with E-state index in [2.05, 4.69) is 44.3 Å². The van der Waals surface area contributed by atoms with Crippen molar-refractivity contribution in [2.75, 3.05) is 64.3 Å². The van der Waals surface area contributed by atoms with Gasteiger partial charge in [0, 0.05) is 50.4 Å². The van der Waals surface area contributed by atoms with Gasteiger partial charge in [-0.3, -0.25) is 4.90 Å². The Bertz CT molecular complexity index is 784. The molecule has 1 aromatic carbocycles. The lowest BCUT2D eigenvalue weighted by atomic mass is 10.1. The van der Waals surface area contributed by atoms with Crippen LogP contribution in [0.15, 0.2) is 40.8 Å². The molecule has 3 aliphatic rings. The summed E-state index contributed by atoms with van der Waals surface area (Å²) in [5.74, 6) is 0.715. The second-order valence-electron chi connectivity index (χ2n) is 8.23. The van der Waals surface area contributed by atoms with Crippen LogP contribution in [-0.2, 0) is 14.1 Å². The fraction of sp³-hybridized carbons (Fsp3) is 0.600. The number of fused-ring (bicyclic) bond motifs is 3. The molecule has 0 amide bonds. The van der Waals surface area contributed by atoms with E-state index in [1.807, 2.05) is 30.8 Å². The van der Waals surface area contributed by atoms with Crippen LogP contribution in [0, 0.1) is 0 Å². The number of anilines is 1. The Labute approximate surface area is 167 Å². The monoisotopic (exact) mass is 384 g/mol. The topological polar surface area (TPSA) is 52.9 Å². The lowest BCUT2D eigenvalue weighted by Gasteiger charge is -2.50. The number of azo groups is 1. The number of aryl methyl sites for hydroxylation is 2. The molecule has 0 unspecified atom stereocenters. The van der Waals surface area contributed by atoms with Crippen LogP contribution in [0.3, 0.4) is 0 Å². The summed E-state index contributed by atoms with van der Waals surface area (Å²) in [4.78, 5) is 4.96. The van der Waals surface area contributed by atoms with Gasteiger partial charge < -0.3 is 9.38 Å². The molecule has 0 saturated carbocycles. The SMILES string of the molecule is CN(CCC[N+]12CCN(CC1)CC2)c1ccc(N=Nc2n(C)nc[n+]2C)cc1. The van der Waals surface area contributed by atoms with Gasteiger partial charge in [0.05, 0.1) is 46.0 Å². The molecule has 3 aliphatic heterocycles. The minimum absolute atomic E-state index is 0.715. The molecule has 0 radical (unpaired) electrons. The van der Waals surface area contributed by atoms with Gasteiger partial charge in [-0.25, -0.2) is 4.57 Å². The Kier molecular flexibility index (Phi) is 5.41. The molecule has 0 N–H and O–H groups in total. The predicted molar refractivity (Wildman–Crippen MR) is 109 cm³/mol. The molecule has 150 valence electrons. The lowest BCUT2D eigenvalue weighted by molar-refractivity contribution is -0.941. The third-order valence-corrected chi connectivity index (χ3v) is 6.35. The Hall–Kier alpha value is -2.32. The van der Waals surface area contributed by atoms with E-state index in [9.17, 15) is 0 Å². The highest BCUT2D eigenvalue weighted by atomic mass is 15.5. The molecule has 4 heterocycles. The van der Waals surface area contributed by atoms with Gasteiger partial charge >= 0.3 is 5.95 Å². The zero-order chi connectivity index (χ0) is 19.6. The Morgan fingerprint density at radius 2 is 1.79 bits per heavy atom. The number of aromatic nitrogens is 3. The van der Waals surface area contributed by atoms with Crippen molar-refractivity contribution in [2.24, 2.45) is 24.3 Å². The molecule has 1 aromatic heterocycles. The smallest absolute Gasteiger partial charge is 0.374 e. The van der Waals surface area contributed by atoms with Gasteiger partial charge in [0.2, 0.25) is 6.33 Å². The van der Waals surface area contributed by atoms with Crippen LogP contribution in [0.4, 0.5) is 17.3 Å². The maximum absolute atomic E-state index is 4.34. The molecule has 8 nitrogen and oxygen atoms in total. The fourth-order valence-electron chi connectivity index (χ4n) is 4.34. The maximum atomic E-state index is 4.34. The van der Waals surface area contributed by atoms with Crippen molar-refractivity contribution in [3.8, 4) is 0 Å². The maximum Gasteiger partial charge on any atom is 0.403 e. The van der Waals surface area contributed by atoms with Crippen LogP contribution in [0.5, 0.6) is 0 Å². The molecule has 8 heteroatoms. The van der Waals surface area contributed by atoms with Gasteiger partial charge in [-0.1, -0.05) is 5.11 Å². The molecule has 0 spiro atoms. The van der Waals surface area contributed by atoms with Crippen LogP contribution in [0.2, 0.25) is 0 Å². The summed E-state index contributed by atoms with van der Waals surface area (Å²) < 4.78 is 4.90. The van der Waals surface area contributed by atoms with Gasteiger partial charge in [-0.05, 0) is 29.4 Å². The standard InChI is InChI=1S/C20H32N8/c1-24(9-4-13-28-14-10-27(11-15-28)12-16-28)19-7-5-18(6-8-19)22-23-20-25(2)17-21-26(20)3/h5-8,17H,4,9-16H2,1-3H3/q+2. The highest BCUT2D eigenvalue weighted by Gasteiger charge is 2.37. The molecule has 0 atom stereocenters. The summed E-state index contributed by atoms with van der Waals surface area (Å²) in [5.41, 5.74) is 2.08. The second kappa shape index (κ2) is 7.97. The Balaban J connectivity index is 1.29. The van der Waals surface area contributed by atoms with Crippen LogP contribution in [0.1, 0.15) is 6.42 Å². The van der Waals surface area contributed by atoms with Crippen molar-refractivity contribution in [2.45, 2.75) is 6.42 Å². The van der Waals surface area contributed by atoms with E-state index in [1.54, 1.807) is 11.0 Å². The van der Waals surface area contributed by atoms with Gasteiger partial charge in [-0.15, -0.1) is 4.68 Å². The van der Waals surface area contributed by atoms with Crippen molar-refractivity contribution in [3.05, 3.63) is 30.6 Å². The van der Waals surface area contributed by atoms with Crippen molar-refractivity contribution in [1.82, 2.24) is 14.7 Å². The van der Waals surface area contributed by atoms with E-state index in [0.717, 1.165) is 12.2 Å². The van der Waals surface area contributed by atoms with Gasteiger partial charge in [0.25, 0.3) is 0 Å². The van der Waals surface area contributed by atoms with E-state index in [-0.39, 0.29) is 0 Å². The molecular formula is C20H32N8+2. The summed E-state index contributed by atoms with van der Waals surface area (Å²) in [6, 6.07) is 8.31. The number of nitrogens with zero attached hydrogens (tertiary/aromatic N) is 8. The summed E-state index contributed by atoms with van der Waals surface area (Å²) in [6.45, 7) is 10.3. The van der Waals surface area contributed by atoms with E-state index in [0.29, 0.717) is 5.95 Å². The Morgan fingerprint density at radius 1 is 1.11 bits per heavy atom. The number of benzene rings is 1. The van der Waals surface area contributed by atoms with E-state index >= 15 is 0 Å². The third-order valence-electron chi connectivity index (χ3n) is 6.35. The minimum atomic E-state index is 0.715. The zero-order valence-corrected chi connectivity index (χ0v) is 17.3. The first-order chi connectivity index (χ1) is 13.5. The van der Waals surface area contributed by atoms with Crippen molar-refractivity contribution < 1.29 is 9.05 Å². The molecule has 28 heavy (non-hydrogen) atoms. The highest BCUT2D eigenvalue weighted by Crippen LogP contribution is 2.22. The number of rotatable bonds is 7. The fourth-order valence-corrected chi connectivity index (χ4v) is 4.34. The lowest BCUT2D eigenvalue weighted by Crippen LogP contribution is -2.67. The molecule has 3 saturated heterocycles. The van der Waals surface area contributed by atoms with E-state index in [1.165, 1.54) is 62.4 Å². The quantitative estimate of drug-likeness (QED) is 0.414. The van der Waals surface area contributed by atoms with Crippen molar-refractivity contribution in [3.63, 3.8) is 0 Å². The molecular weight excluding hydrogens is 352 g/mol. The average molecular weight is 385 g/mol. The summed E-state index contributed by atoms with van der Waals surface area (Å²) in [5, 5.41) is 12.8. The molecule has 5 rings (SSSR count). The zero-order valence-electron chi connectivity index (χ0n) is 17.3. The average Bonchev–Trinajstić information content (AvgIpc) is 3.05. The second-order valence-corrected chi connectivity index (χ2v) is 8.23. The molecule has 0 aliphatic carbocycles. The predicted octanol–water partition coefficient (Wildman–Crippen LogP) is 1.63. The molecule has 3 fully saturated rings. The van der Waals surface area contributed by atoms with Crippen molar-refractivity contribution in [1.29, 1.82) is 0 Å². The van der Waals surface area contributed by atoms with Crippen LogP contribution >= 0.6 is 0 Å². The van der Waals surface area contributed by atoms with Gasteiger partial charge in [-0.2, -0.15) is 0 Å². The molecule has 2 bridgehead atoms. The van der Waals surface area contributed by atoms with Crippen molar-refractivity contribution >= 4 is 17.3 Å². The minimum Gasteiger partial charge on any atom is -0.374 e. The summed E-state index contributed by atoms with van der Waals surface area (Å²) >= 11 is 0. The first-order valence-corrected chi connectivity index (χ1v) is 10.2. The normalized spacial score (nSPS) is 24.2. The largest absolute Gasteiger partial charge is 0.403 e. The van der Waals surface area contributed by atoms with E-state index in [4.69, 9.17) is 0 Å². The summed E-state index contributed by atoms with van der Waals surface area (Å²) in [6.07, 6.45) is 2.97. The first-order valence-electron chi connectivity index (χ1n) is 10.2. The van der Waals surface area contributed by atoms with Crippen LogP contribution in [0.25, 0.3) is 0 Å². The van der Waals surface area contributed by atoms with Gasteiger partial charge in [0.15, 0.2) is 0 Å². The molecule has 2 aromatic rings. The van der Waals surface area contributed by atoms with Crippen LogP contribution < -0.4 is 9.47 Å². The number of hydrogen-bond donors (Lipinski definition) is 0. The number of piperazine rings is 3. The third kappa shape index (κ3) is 4.07. The number of hydrogen-bond acceptors (Lipinski definition) is 5. The first kappa shape index (κ1) is 19.0. The van der Waals surface area contributed by atoms with Gasteiger partial charge in [0.1, 0.15) is 0 Å². The van der Waals surface area contributed by atoms with E-state index < -0.39 is 0 Å².